The van der Waals surface area contributed by atoms with Crippen molar-refractivity contribution in [2.24, 2.45) is 5.73 Å². The minimum atomic E-state index is -5.61. The second-order valence-electron chi connectivity index (χ2n) is 4.50. The largest absolute Gasteiger partial charge is 0.573 e. The summed E-state index contributed by atoms with van der Waals surface area (Å²) in [6, 6.07) is -0.302. The first-order valence-corrected chi connectivity index (χ1v) is 6.32. The molecule has 0 saturated heterocycles. The van der Waals surface area contributed by atoms with Crippen LogP contribution in [-0.2, 0) is 0 Å². The molecule has 1 aromatic rings. The van der Waals surface area contributed by atoms with Gasteiger partial charge in [0.15, 0.2) is 11.5 Å². The van der Waals surface area contributed by atoms with Gasteiger partial charge in [-0.05, 0) is 24.1 Å². The quantitative estimate of drug-likeness (QED) is 0.738. The van der Waals surface area contributed by atoms with Crippen LogP contribution in [0.25, 0.3) is 0 Å². The Kier molecular flexibility index (Phi) is 5.93. The minimum absolute atomic E-state index is 0.0520. The van der Waals surface area contributed by atoms with E-state index in [-0.39, 0.29) is 12.0 Å². The van der Waals surface area contributed by atoms with E-state index in [1.165, 1.54) is 6.92 Å². The molecule has 0 spiro atoms. The van der Waals surface area contributed by atoms with E-state index in [0.29, 0.717) is 12.1 Å². The van der Waals surface area contributed by atoms with Crippen molar-refractivity contribution in [2.45, 2.75) is 38.5 Å². The lowest BCUT2D eigenvalue weighted by Gasteiger charge is -2.21. The number of halogens is 9. The molecule has 0 saturated carbocycles. The molecule has 144 valence electrons. The fourth-order valence-electron chi connectivity index (χ4n) is 1.66. The van der Waals surface area contributed by atoms with Crippen LogP contribution in [0.5, 0.6) is 17.2 Å². The van der Waals surface area contributed by atoms with Gasteiger partial charge in [-0.2, -0.15) is 0 Å². The average Bonchev–Trinajstić information content (AvgIpc) is 2.36. The fourth-order valence-corrected chi connectivity index (χ4v) is 1.66. The van der Waals surface area contributed by atoms with Crippen LogP contribution >= 0.6 is 0 Å². The highest BCUT2D eigenvalue weighted by molar-refractivity contribution is 5.54. The first-order valence-electron chi connectivity index (χ1n) is 6.32. The van der Waals surface area contributed by atoms with Crippen molar-refractivity contribution in [2.75, 3.05) is 0 Å². The maximum absolute atomic E-state index is 12.4. The highest BCUT2D eigenvalue weighted by Gasteiger charge is 2.41. The van der Waals surface area contributed by atoms with Gasteiger partial charge in [0.05, 0.1) is 0 Å². The van der Waals surface area contributed by atoms with Crippen molar-refractivity contribution >= 4 is 0 Å². The van der Waals surface area contributed by atoms with Crippen molar-refractivity contribution in [3.8, 4) is 17.2 Å². The van der Waals surface area contributed by atoms with Gasteiger partial charge in [-0.25, -0.2) is 0 Å². The van der Waals surface area contributed by atoms with Crippen LogP contribution in [-0.4, -0.2) is 19.1 Å². The Hall–Kier alpha value is -2.05. The minimum Gasteiger partial charge on any atom is -0.402 e. The van der Waals surface area contributed by atoms with E-state index in [0.717, 1.165) is 0 Å². The number of rotatable bonds is 5. The zero-order chi connectivity index (χ0) is 19.6. The van der Waals surface area contributed by atoms with Crippen molar-refractivity contribution < 1.29 is 53.7 Å². The Morgan fingerprint density at radius 1 is 0.800 bits per heavy atom. The lowest BCUT2D eigenvalue weighted by molar-refractivity contribution is -0.293. The van der Waals surface area contributed by atoms with Crippen LogP contribution in [0, 0.1) is 0 Å². The maximum atomic E-state index is 12.4. The average molecular weight is 387 g/mol. The molecule has 1 rings (SSSR count). The molecule has 2 N–H and O–H groups in total. The summed E-state index contributed by atoms with van der Waals surface area (Å²) in [4.78, 5) is 0. The van der Waals surface area contributed by atoms with Gasteiger partial charge in [0, 0.05) is 6.04 Å². The van der Waals surface area contributed by atoms with Crippen LogP contribution < -0.4 is 19.9 Å². The highest BCUT2D eigenvalue weighted by atomic mass is 19.4. The number of hydrogen-bond donors (Lipinski definition) is 1. The van der Waals surface area contributed by atoms with Gasteiger partial charge < -0.3 is 19.9 Å². The molecule has 0 fully saturated rings. The van der Waals surface area contributed by atoms with Gasteiger partial charge in [0.1, 0.15) is 0 Å². The Labute approximate surface area is 134 Å². The summed E-state index contributed by atoms with van der Waals surface area (Å²) in [6.45, 7) is 1.44. The van der Waals surface area contributed by atoms with Crippen LogP contribution in [0.1, 0.15) is 24.9 Å². The SMILES string of the molecule is CCC(N)c1cc(OC(F)(F)F)c(OC(F)(F)F)c(OC(F)(F)F)c1. The Balaban J connectivity index is 3.58. The molecule has 1 atom stereocenters. The summed E-state index contributed by atoms with van der Waals surface area (Å²) >= 11 is 0. The first-order chi connectivity index (χ1) is 11.1. The van der Waals surface area contributed by atoms with E-state index in [9.17, 15) is 39.5 Å². The van der Waals surface area contributed by atoms with Gasteiger partial charge in [-0.3, -0.25) is 0 Å². The smallest absolute Gasteiger partial charge is 0.402 e. The van der Waals surface area contributed by atoms with Crippen LogP contribution in [0.4, 0.5) is 39.5 Å². The third kappa shape index (κ3) is 7.15. The summed E-state index contributed by atoms with van der Waals surface area (Å²) in [5, 5.41) is 0. The van der Waals surface area contributed by atoms with E-state index in [2.05, 4.69) is 14.2 Å². The summed E-state index contributed by atoms with van der Waals surface area (Å²) in [5.41, 5.74) is 5.12. The van der Waals surface area contributed by atoms with Gasteiger partial charge in [0.25, 0.3) is 0 Å². The zero-order valence-corrected chi connectivity index (χ0v) is 12.1. The molecule has 1 aromatic carbocycles. The Bertz CT molecular complexity index is 558. The normalized spacial score (nSPS) is 14.2. The van der Waals surface area contributed by atoms with Crippen LogP contribution in [0.15, 0.2) is 12.1 Å². The number of hydrogen-bond acceptors (Lipinski definition) is 4. The molecule has 4 nitrogen and oxygen atoms in total. The van der Waals surface area contributed by atoms with Crippen LogP contribution in [0.2, 0.25) is 0 Å². The van der Waals surface area contributed by atoms with Crippen molar-refractivity contribution in [3.63, 3.8) is 0 Å². The second-order valence-corrected chi connectivity index (χ2v) is 4.50. The van der Waals surface area contributed by atoms with E-state index in [1.54, 1.807) is 0 Å². The lowest BCUT2D eigenvalue weighted by Crippen LogP contribution is -2.24. The molecule has 0 heterocycles. The van der Waals surface area contributed by atoms with Crippen LogP contribution in [0.3, 0.4) is 0 Å². The lowest BCUT2D eigenvalue weighted by atomic mass is 10.0. The fraction of sp³-hybridized carbons (Fsp3) is 0.500. The molecule has 0 bridgehead atoms. The summed E-state index contributed by atoms with van der Waals surface area (Å²) in [5.74, 6) is -5.29. The van der Waals surface area contributed by atoms with E-state index >= 15 is 0 Å². The number of ether oxygens (including phenoxy) is 3. The molecule has 0 aliphatic rings. The molecular weight excluding hydrogens is 377 g/mol. The van der Waals surface area contributed by atoms with E-state index < -0.39 is 42.4 Å². The Morgan fingerprint density at radius 3 is 1.44 bits per heavy atom. The molecule has 1 unspecified atom stereocenters. The van der Waals surface area contributed by atoms with Gasteiger partial charge >= 0.3 is 19.1 Å². The molecule has 13 heteroatoms. The van der Waals surface area contributed by atoms with Gasteiger partial charge in [-0.1, -0.05) is 6.92 Å². The highest BCUT2D eigenvalue weighted by Crippen LogP contribution is 2.46. The molecule has 0 aliphatic heterocycles. The van der Waals surface area contributed by atoms with Crippen molar-refractivity contribution in [1.82, 2.24) is 0 Å². The monoisotopic (exact) mass is 387 g/mol. The molecule has 25 heavy (non-hydrogen) atoms. The standard InChI is InChI=1S/C12H10F9NO3/c1-2-6(22)5-3-7(23-10(13,14)15)9(25-12(19,20)21)8(4-5)24-11(16,17)18/h3-4,6H,2,22H2,1H3. The molecular formula is C12H10F9NO3. The van der Waals surface area contributed by atoms with Gasteiger partial charge in [-0.15, -0.1) is 39.5 Å². The molecule has 0 aromatic heterocycles. The third-order valence-electron chi connectivity index (χ3n) is 2.58. The number of benzene rings is 1. The number of alkyl halides is 9. The first kappa shape index (κ1) is 21.0. The van der Waals surface area contributed by atoms with Crippen molar-refractivity contribution in [1.29, 1.82) is 0 Å². The molecule has 0 aliphatic carbocycles. The molecule has 0 radical (unpaired) electrons. The Morgan fingerprint density at radius 2 is 1.16 bits per heavy atom. The van der Waals surface area contributed by atoms with Crippen molar-refractivity contribution in [3.05, 3.63) is 17.7 Å². The summed E-state index contributed by atoms with van der Waals surface area (Å²) in [7, 11) is 0. The predicted molar refractivity (Wildman–Crippen MR) is 63.7 cm³/mol. The third-order valence-corrected chi connectivity index (χ3v) is 2.58. The van der Waals surface area contributed by atoms with E-state index in [4.69, 9.17) is 5.73 Å². The van der Waals surface area contributed by atoms with E-state index in [1.807, 2.05) is 0 Å². The van der Waals surface area contributed by atoms with Gasteiger partial charge in [0.2, 0.25) is 5.75 Å². The predicted octanol–water partition coefficient (Wildman–Crippen LogP) is 4.79. The second kappa shape index (κ2) is 7.06. The maximum Gasteiger partial charge on any atom is 0.573 e. The number of nitrogens with two attached hydrogens (primary N) is 1. The summed E-state index contributed by atoms with van der Waals surface area (Å²) in [6.07, 6.45) is -16.6. The zero-order valence-electron chi connectivity index (χ0n) is 12.1. The topological polar surface area (TPSA) is 53.7 Å². The summed E-state index contributed by atoms with van der Waals surface area (Å²) < 4.78 is 121. The molecule has 0 amide bonds.